The number of halogens is 2. The zero-order chi connectivity index (χ0) is 21.1. The van der Waals surface area contributed by atoms with Gasteiger partial charge in [-0.1, -0.05) is 18.5 Å². The predicted octanol–water partition coefficient (Wildman–Crippen LogP) is 2.91. The number of amides is 2. The van der Waals surface area contributed by atoms with Crippen molar-refractivity contribution in [2.24, 2.45) is 5.92 Å². The number of H-pyrrole nitrogens is 1. The summed E-state index contributed by atoms with van der Waals surface area (Å²) in [6.07, 6.45) is 1.28. The number of piperidine rings is 1. The van der Waals surface area contributed by atoms with Crippen LogP contribution in [0.25, 0.3) is 11.5 Å². The number of hydrogen-bond donors (Lipinski definition) is 1. The van der Waals surface area contributed by atoms with Gasteiger partial charge in [0.2, 0.25) is 0 Å². The van der Waals surface area contributed by atoms with E-state index < -0.39 is 11.9 Å². The SMILES string of the molecule is C[C@H]1CN(C(=O)OCC(=O)N(C)C)CC[C@H]1c1[nH]c(-c2ccc(F)cn2)nc1Cl. The first-order chi connectivity index (χ1) is 13.8. The molecule has 2 amide bonds. The quantitative estimate of drug-likeness (QED) is 0.816. The molecule has 2 aromatic heterocycles. The average Bonchev–Trinajstić information content (AvgIpc) is 3.07. The summed E-state index contributed by atoms with van der Waals surface area (Å²) in [5.41, 5.74) is 1.27. The Morgan fingerprint density at radius 1 is 1.41 bits per heavy atom. The van der Waals surface area contributed by atoms with Crippen LogP contribution in [0, 0.1) is 11.7 Å². The Hall–Kier alpha value is -2.68. The topological polar surface area (TPSA) is 91.4 Å². The Bertz CT molecular complexity index is 886. The molecule has 29 heavy (non-hydrogen) atoms. The van der Waals surface area contributed by atoms with E-state index in [1.165, 1.54) is 17.0 Å². The molecule has 8 nitrogen and oxygen atoms in total. The van der Waals surface area contributed by atoms with Gasteiger partial charge in [-0.15, -0.1) is 0 Å². The van der Waals surface area contributed by atoms with Gasteiger partial charge >= 0.3 is 6.09 Å². The number of likely N-dealkylation sites (tertiary alicyclic amines) is 1. The lowest BCUT2D eigenvalue weighted by atomic mass is 9.85. The zero-order valence-electron chi connectivity index (χ0n) is 16.5. The summed E-state index contributed by atoms with van der Waals surface area (Å²) < 4.78 is 18.2. The van der Waals surface area contributed by atoms with Crippen LogP contribution < -0.4 is 0 Å². The molecule has 3 rings (SSSR count). The molecule has 1 N–H and O–H groups in total. The molecule has 1 fully saturated rings. The maximum Gasteiger partial charge on any atom is 0.410 e. The highest BCUT2D eigenvalue weighted by molar-refractivity contribution is 6.30. The minimum absolute atomic E-state index is 0.0663. The monoisotopic (exact) mass is 423 g/mol. The number of nitrogens with zero attached hydrogens (tertiary/aromatic N) is 4. The van der Waals surface area contributed by atoms with Gasteiger partial charge in [0.25, 0.3) is 5.91 Å². The van der Waals surface area contributed by atoms with Crippen molar-refractivity contribution in [2.75, 3.05) is 33.8 Å². The normalized spacial score (nSPS) is 19.1. The number of aromatic amines is 1. The maximum atomic E-state index is 13.1. The average molecular weight is 424 g/mol. The van der Waals surface area contributed by atoms with E-state index in [0.717, 1.165) is 11.9 Å². The Kier molecular flexibility index (Phi) is 6.36. The maximum absolute atomic E-state index is 13.1. The third-order valence-corrected chi connectivity index (χ3v) is 5.30. The second-order valence-electron chi connectivity index (χ2n) is 7.31. The minimum atomic E-state index is -0.502. The van der Waals surface area contributed by atoms with Crippen LogP contribution in [-0.2, 0) is 9.53 Å². The van der Waals surface area contributed by atoms with Crippen molar-refractivity contribution in [3.8, 4) is 11.5 Å². The number of hydrogen-bond acceptors (Lipinski definition) is 5. The molecule has 0 aromatic carbocycles. The molecule has 1 aliphatic heterocycles. The van der Waals surface area contributed by atoms with E-state index in [4.69, 9.17) is 16.3 Å². The Morgan fingerprint density at radius 3 is 2.79 bits per heavy atom. The summed E-state index contributed by atoms with van der Waals surface area (Å²) in [6, 6.07) is 2.84. The summed E-state index contributed by atoms with van der Waals surface area (Å²) in [7, 11) is 3.21. The van der Waals surface area contributed by atoms with Crippen molar-refractivity contribution in [3.63, 3.8) is 0 Å². The highest BCUT2D eigenvalue weighted by Crippen LogP contribution is 2.36. The van der Waals surface area contributed by atoms with Gasteiger partial charge < -0.3 is 19.5 Å². The van der Waals surface area contributed by atoms with Crippen LogP contribution in [0.4, 0.5) is 9.18 Å². The summed E-state index contributed by atoms with van der Waals surface area (Å²) in [4.78, 5) is 38.3. The number of carbonyl (C=O) groups excluding carboxylic acids is 2. The van der Waals surface area contributed by atoms with Crippen molar-refractivity contribution in [2.45, 2.75) is 19.3 Å². The van der Waals surface area contributed by atoms with E-state index >= 15 is 0 Å². The molecule has 0 radical (unpaired) electrons. The molecule has 3 heterocycles. The van der Waals surface area contributed by atoms with E-state index in [0.29, 0.717) is 36.2 Å². The number of nitrogens with one attached hydrogen (secondary N) is 1. The molecule has 156 valence electrons. The van der Waals surface area contributed by atoms with Gasteiger partial charge in [0.05, 0.1) is 11.9 Å². The van der Waals surface area contributed by atoms with Crippen LogP contribution >= 0.6 is 11.6 Å². The van der Waals surface area contributed by atoms with Crippen molar-refractivity contribution in [3.05, 3.63) is 35.0 Å². The van der Waals surface area contributed by atoms with E-state index in [2.05, 4.69) is 15.0 Å². The van der Waals surface area contributed by atoms with Gasteiger partial charge in [-0.05, 0) is 24.5 Å². The van der Waals surface area contributed by atoms with Gasteiger partial charge in [0, 0.05) is 33.1 Å². The lowest BCUT2D eigenvalue weighted by molar-refractivity contribution is -0.132. The fraction of sp³-hybridized carbons (Fsp3) is 0.474. The van der Waals surface area contributed by atoms with Crippen molar-refractivity contribution >= 4 is 23.6 Å². The molecule has 1 aliphatic rings. The number of carbonyl (C=O) groups is 2. The smallest absolute Gasteiger partial charge is 0.410 e. The number of ether oxygens (including phenoxy) is 1. The molecule has 0 spiro atoms. The Morgan fingerprint density at radius 2 is 2.17 bits per heavy atom. The molecule has 0 unspecified atom stereocenters. The Labute approximate surface area is 173 Å². The van der Waals surface area contributed by atoms with E-state index in [-0.39, 0.29) is 24.3 Å². The lowest BCUT2D eigenvalue weighted by Gasteiger charge is -2.35. The second kappa shape index (κ2) is 8.77. The largest absolute Gasteiger partial charge is 0.439 e. The van der Waals surface area contributed by atoms with Crippen molar-refractivity contribution in [1.29, 1.82) is 0 Å². The predicted molar refractivity (Wildman–Crippen MR) is 105 cm³/mol. The summed E-state index contributed by atoms with van der Waals surface area (Å²) in [6.45, 7) is 2.69. The van der Waals surface area contributed by atoms with Gasteiger partial charge in [0.1, 0.15) is 11.5 Å². The summed E-state index contributed by atoms with van der Waals surface area (Å²) >= 11 is 6.35. The molecule has 1 saturated heterocycles. The van der Waals surface area contributed by atoms with E-state index in [1.807, 2.05) is 6.92 Å². The third-order valence-electron chi connectivity index (χ3n) is 5.01. The van der Waals surface area contributed by atoms with Crippen LogP contribution in [0.5, 0.6) is 0 Å². The fourth-order valence-corrected chi connectivity index (χ4v) is 3.60. The number of imidazole rings is 1. The first-order valence-corrected chi connectivity index (χ1v) is 9.63. The van der Waals surface area contributed by atoms with Crippen LogP contribution in [0.1, 0.15) is 25.0 Å². The van der Waals surface area contributed by atoms with Crippen molar-refractivity contribution in [1.82, 2.24) is 24.8 Å². The number of rotatable bonds is 4. The second-order valence-corrected chi connectivity index (χ2v) is 7.67. The molecular weight excluding hydrogens is 401 g/mol. The van der Waals surface area contributed by atoms with E-state index in [1.54, 1.807) is 19.0 Å². The summed E-state index contributed by atoms with van der Waals surface area (Å²) in [5, 5.41) is 0.343. The number of likely N-dealkylation sites (N-methyl/N-ethyl adjacent to an activating group) is 1. The molecule has 0 bridgehead atoms. The van der Waals surface area contributed by atoms with Gasteiger partial charge in [-0.25, -0.2) is 19.2 Å². The number of aromatic nitrogens is 3. The first-order valence-electron chi connectivity index (χ1n) is 9.25. The van der Waals surface area contributed by atoms with Crippen LogP contribution in [-0.4, -0.2) is 70.5 Å². The van der Waals surface area contributed by atoms with Crippen LogP contribution in [0.15, 0.2) is 18.3 Å². The van der Waals surface area contributed by atoms with Crippen LogP contribution in [0.3, 0.4) is 0 Å². The lowest BCUT2D eigenvalue weighted by Crippen LogP contribution is -2.43. The standard InChI is InChI=1S/C19H23ClFN5O3/c1-11-9-26(19(28)29-10-15(27)25(2)3)7-6-13(11)16-17(20)24-18(23-16)14-5-4-12(21)8-22-14/h4-5,8,11,13H,6-7,9-10H2,1-3H3,(H,23,24)/t11-,13+/m0/s1. The molecule has 2 atom stereocenters. The zero-order valence-corrected chi connectivity index (χ0v) is 17.2. The molecule has 0 aliphatic carbocycles. The molecule has 10 heteroatoms. The minimum Gasteiger partial charge on any atom is -0.439 e. The van der Waals surface area contributed by atoms with Gasteiger partial charge in [-0.3, -0.25) is 4.79 Å². The highest BCUT2D eigenvalue weighted by Gasteiger charge is 2.33. The fourth-order valence-electron chi connectivity index (χ4n) is 3.33. The van der Waals surface area contributed by atoms with Crippen molar-refractivity contribution < 1.29 is 18.7 Å². The highest BCUT2D eigenvalue weighted by atomic mass is 35.5. The van der Waals surface area contributed by atoms with Gasteiger partial charge in [0.15, 0.2) is 17.6 Å². The molecule has 2 aromatic rings. The first kappa shape index (κ1) is 21.0. The van der Waals surface area contributed by atoms with Gasteiger partial charge in [-0.2, -0.15) is 0 Å². The van der Waals surface area contributed by atoms with Crippen LogP contribution in [0.2, 0.25) is 5.15 Å². The third kappa shape index (κ3) is 4.84. The molecule has 0 saturated carbocycles. The van der Waals surface area contributed by atoms with E-state index in [9.17, 15) is 14.0 Å². The Balaban J connectivity index is 1.65. The number of pyridine rings is 1. The molecular formula is C19H23ClFN5O3. The summed E-state index contributed by atoms with van der Waals surface area (Å²) in [5.74, 6) is -0.0648.